The molecule has 1 aliphatic rings. The van der Waals surface area contributed by atoms with Crippen molar-refractivity contribution in [1.82, 2.24) is 0 Å². The molecule has 0 N–H and O–H groups in total. The minimum absolute atomic E-state index is 0.615. The molecule has 1 atom stereocenters. The zero-order chi connectivity index (χ0) is 17.5. The van der Waals surface area contributed by atoms with E-state index in [-0.39, 0.29) is 0 Å². The van der Waals surface area contributed by atoms with Crippen LogP contribution < -0.4 is 18.9 Å². The highest BCUT2D eigenvalue weighted by molar-refractivity contribution is 8.19. The van der Waals surface area contributed by atoms with Crippen LogP contribution in [0.5, 0.6) is 0 Å². The summed E-state index contributed by atoms with van der Waals surface area (Å²) in [7, 11) is -0.739. The third-order valence-electron chi connectivity index (χ3n) is 3.52. The van der Waals surface area contributed by atoms with E-state index in [9.17, 15) is 14.0 Å². The molecule has 5 nitrogen and oxygen atoms in total. The van der Waals surface area contributed by atoms with Crippen LogP contribution in [0, 0.1) is 17.2 Å². The standard InChI is InChI=1S/C16H16ClNO4S2/c1-11-4-9-14-15(10-11)24-16(23-14,22-17(19,20)21)12-5-7-13(8-6-12)18(2)3/h4-10H,1-3H3. The summed E-state index contributed by atoms with van der Waals surface area (Å²) in [5.74, 6) is 0. The molecule has 3 rings (SSSR count). The molecular weight excluding hydrogens is 370 g/mol. The van der Waals surface area contributed by atoms with E-state index < -0.39 is 14.5 Å². The highest BCUT2D eigenvalue weighted by Crippen LogP contribution is 2.62. The summed E-state index contributed by atoms with van der Waals surface area (Å²) in [6, 6.07) is 13.1. The topological polar surface area (TPSA) is 81.6 Å². The van der Waals surface area contributed by atoms with Crippen LogP contribution >= 0.6 is 23.5 Å². The monoisotopic (exact) mass is 385 g/mol. The first-order valence-electron chi connectivity index (χ1n) is 7.07. The smallest absolute Gasteiger partial charge is 0.349 e. The average molecular weight is 386 g/mol. The zero-order valence-electron chi connectivity index (χ0n) is 13.3. The van der Waals surface area contributed by atoms with Gasteiger partial charge in [0.05, 0.1) is 10.2 Å². The number of benzene rings is 2. The summed E-state index contributed by atoms with van der Waals surface area (Å²) < 4.78 is 37.6. The van der Waals surface area contributed by atoms with E-state index in [2.05, 4.69) is 0 Å². The quantitative estimate of drug-likeness (QED) is 0.775. The largest absolute Gasteiger partial charge is 0.378 e. The minimum Gasteiger partial charge on any atom is -0.378 e. The zero-order valence-corrected chi connectivity index (χ0v) is 15.7. The second-order valence-electron chi connectivity index (χ2n) is 5.61. The summed E-state index contributed by atoms with van der Waals surface area (Å²) in [6.45, 7) is 1.96. The van der Waals surface area contributed by atoms with Gasteiger partial charge in [-0.3, -0.25) is 0 Å². The fraction of sp³-hybridized carbons (Fsp3) is 0.250. The summed E-state index contributed by atoms with van der Waals surface area (Å²) in [4.78, 5) is 3.73. The predicted octanol–water partition coefficient (Wildman–Crippen LogP) is 0.983. The van der Waals surface area contributed by atoms with Gasteiger partial charge in [0.1, 0.15) is 4.29 Å². The number of hydrogen-bond acceptors (Lipinski definition) is 7. The Bertz CT molecular complexity index is 749. The molecule has 2 aromatic rings. The fourth-order valence-corrected chi connectivity index (χ4v) is 6.18. The van der Waals surface area contributed by atoms with Gasteiger partial charge in [-0.15, -0.1) is 0 Å². The second kappa shape index (κ2) is 6.42. The van der Waals surface area contributed by atoms with Crippen molar-refractivity contribution in [3.05, 3.63) is 53.6 Å². The number of nitrogens with zero attached hydrogens (tertiary/aromatic N) is 1. The number of thioether (sulfide) groups is 2. The van der Waals surface area contributed by atoms with Gasteiger partial charge in [0, 0.05) is 35.1 Å². The van der Waals surface area contributed by atoms with E-state index in [1.54, 1.807) is 12.1 Å². The SMILES string of the molecule is Cc1ccc2c(c1)SC(O[Cl+3]([O-])([O-])[O-])(c1ccc(N(C)C)cc1)S2. The van der Waals surface area contributed by atoms with Crippen molar-refractivity contribution in [3.8, 4) is 0 Å². The number of aryl methyl sites for hydroxylation is 1. The lowest BCUT2D eigenvalue weighted by molar-refractivity contribution is -1.92. The normalized spacial score (nSPS) is 20.1. The molecule has 1 heterocycles. The van der Waals surface area contributed by atoms with Crippen molar-refractivity contribution in [2.45, 2.75) is 21.0 Å². The van der Waals surface area contributed by atoms with Gasteiger partial charge in [-0.1, -0.05) is 41.7 Å². The van der Waals surface area contributed by atoms with E-state index in [1.807, 2.05) is 56.3 Å². The molecule has 24 heavy (non-hydrogen) atoms. The molecule has 0 aromatic heterocycles. The van der Waals surface area contributed by atoms with Gasteiger partial charge < -0.3 is 4.90 Å². The van der Waals surface area contributed by atoms with E-state index in [1.165, 1.54) is 23.5 Å². The van der Waals surface area contributed by atoms with Crippen LogP contribution in [0.15, 0.2) is 52.3 Å². The van der Waals surface area contributed by atoms with Crippen LogP contribution in [-0.4, -0.2) is 14.1 Å². The van der Waals surface area contributed by atoms with Crippen LogP contribution in [0.25, 0.3) is 0 Å². The molecule has 0 bridgehead atoms. The molecule has 2 aromatic carbocycles. The second-order valence-corrected chi connectivity index (χ2v) is 9.21. The van der Waals surface area contributed by atoms with E-state index in [0.717, 1.165) is 21.0 Å². The Morgan fingerprint density at radius 3 is 2.17 bits per heavy atom. The molecule has 0 fully saturated rings. The number of hydrogen-bond donors (Lipinski definition) is 0. The molecule has 0 saturated carbocycles. The van der Waals surface area contributed by atoms with Crippen LogP contribution in [-0.2, 0) is 8.55 Å². The molecule has 1 aliphatic heterocycles. The molecule has 0 aliphatic carbocycles. The third-order valence-corrected chi connectivity index (χ3v) is 7.06. The number of halogens is 1. The fourth-order valence-electron chi connectivity index (χ4n) is 2.37. The summed E-state index contributed by atoms with van der Waals surface area (Å²) in [5, 5.41) is 0. The van der Waals surface area contributed by atoms with Crippen LogP contribution in [0.1, 0.15) is 11.1 Å². The molecule has 8 heteroatoms. The highest BCUT2D eigenvalue weighted by Gasteiger charge is 2.54. The molecule has 1 unspecified atom stereocenters. The van der Waals surface area contributed by atoms with Crippen LogP contribution in [0.4, 0.5) is 5.69 Å². The Balaban J connectivity index is 2.02. The Hall–Kier alpha value is -0.930. The maximum absolute atomic E-state index is 11.3. The van der Waals surface area contributed by atoms with Gasteiger partial charge >= 0.3 is 4.27 Å². The molecule has 0 spiro atoms. The third kappa shape index (κ3) is 3.67. The lowest BCUT2D eigenvalue weighted by Gasteiger charge is -2.25. The highest BCUT2D eigenvalue weighted by atomic mass is 35.7. The Kier molecular flexibility index (Phi) is 4.78. The molecule has 128 valence electrons. The number of fused-ring (bicyclic) bond motifs is 1. The van der Waals surface area contributed by atoms with Crippen molar-refractivity contribution in [2.75, 3.05) is 19.0 Å². The Labute approximate surface area is 151 Å². The summed E-state index contributed by atoms with van der Waals surface area (Å²) in [6.07, 6.45) is 0. The van der Waals surface area contributed by atoms with Crippen molar-refractivity contribution < 1.29 is 28.5 Å². The van der Waals surface area contributed by atoms with E-state index in [4.69, 9.17) is 4.29 Å². The van der Waals surface area contributed by atoms with Crippen molar-refractivity contribution >= 4 is 29.2 Å². The minimum atomic E-state index is -4.57. The molecule has 0 amide bonds. The first kappa shape index (κ1) is 17.9. The van der Waals surface area contributed by atoms with Gasteiger partial charge in [0.2, 0.25) is 0 Å². The van der Waals surface area contributed by atoms with E-state index >= 15 is 0 Å². The van der Waals surface area contributed by atoms with Gasteiger partial charge in [-0.25, -0.2) is 0 Å². The number of rotatable bonds is 4. The lowest BCUT2D eigenvalue weighted by atomic mass is 10.2. The summed E-state index contributed by atoms with van der Waals surface area (Å²) in [5.41, 5.74) is 2.64. The van der Waals surface area contributed by atoms with E-state index in [0.29, 0.717) is 5.56 Å². The Morgan fingerprint density at radius 1 is 0.958 bits per heavy atom. The average Bonchev–Trinajstić information content (AvgIpc) is 2.83. The maximum Gasteiger partial charge on any atom is 0.349 e. The van der Waals surface area contributed by atoms with Gasteiger partial charge in [-0.05, 0) is 36.8 Å². The Morgan fingerprint density at radius 2 is 1.58 bits per heavy atom. The van der Waals surface area contributed by atoms with Gasteiger partial charge in [-0.2, -0.15) is 14.0 Å². The summed E-state index contributed by atoms with van der Waals surface area (Å²) >= 11 is 2.46. The first-order chi connectivity index (χ1) is 11.2. The van der Waals surface area contributed by atoms with Crippen LogP contribution in [0.2, 0.25) is 0 Å². The molecule has 0 saturated heterocycles. The van der Waals surface area contributed by atoms with Crippen molar-refractivity contribution in [1.29, 1.82) is 0 Å². The first-order valence-corrected chi connectivity index (χ1v) is 9.93. The van der Waals surface area contributed by atoms with Crippen molar-refractivity contribution in [3.63, 3.8) is 0 Å². The van der Waals surface area contributed by atoms with Gasteiger partial charge in [0.15, 0.2) is 0 Å². The molecular formula is C16H16ClNO4S2. The van der Waals surface area contributed by atoms with Crippen molar-refractivity contribution in [2.24, 2.45) is 0 Å². The number of anilines is 1. The predicted molar refractivity (Wildman–Crippen MR) is 86.4 cm³/mol. The maximum atomic E-state index is 11.3. The van der Waals surface area contributed by atoms with Gasteiger partial charge in [0.25, 0.3) is 0 Å². The van der Waals surface area contributed by atoms with Crippen LogP contribution in [0.3, 0.4) is 0 Å². The lowest BCUT2D eigenvalue weighted by Crippen LogP contribution is -2.63. The molecule has 0 radical (unpaired) electrons.